The number of hydrogen-bond donors (Lipinski definition) is 1. The van der Waals surface area contributed by atoms with E-state index in [2.05, 4.69) is 5.32 Å². The van der Waals surface area contributed by atoms with Crippen molar-refractivity contribution in [3.05, 3.63) is 57.5 Å². The predicted octanol–water partition coefficient (Wildman–Crippen LogP) is 3.11. The van der Waals surface area contributed by atoms with Crippen LogP contribution in [0.3, 0.4) is 0 Å². The number of carbonyl (C=O) groups excluding carboxylic acids is 2. The number of amides is 2. The molecule has 2 unspecified atom stereocenters. The second-order valence-electron chi connectivity index (χ2n) is 5.17. The number of rotatable bonds is 2. The van der Waals surface area contributed by atoms with Crippen LogP contribution in [-0.4, -0.2) is 11.8 Å². The van der Waals surface area contributed by atoms with E-state index in [1.54, 1.807) is 29.5 Å². The van der Waals surface area contributed by atoms with Gasteiger partial charge in [-0.05, 0) is 25.1 Å². The molecular weight excluding hydrogens is 289 g/mol. The average molecular weight is 303 g/mol. The topological polar surface area (TPSA) is 46.2 Å². The van der Waals surface area contributed by atoms with Crippen molar-refractivity contribution in [1.82, 2.24) is 5.32 Å². The van der Waals surface area contributed by atoms with Gasteiger partial charge in [0.1, 0.15) is 5.82 Å². The zero-order valence-electron chi connectivity index (χ0n) is 11.4. The van der Waals surface area contributed by atoms with Crippen molar-refractivity contribution in [1.29, 1.82) is 0 Å². The molecule has 2 aromatic rings. The molecule has 1 aliphatic rings. The number of imide groups is 1. The van der Waals surface area contributed by atoms with Crippen LogP contribution in [0.15, 0.2) is 36.4 Å². The second kappa shape index (κ2) is 5.41. The fraction of sp³-hybridized carbons (Fsp3) is 0.250. The Labute approximate surface area is 125 Å². The van der Waals surface area contributed by atoms with Crippen LogP contribution in [0, 0.1) is 12.7 Å². The Kier molecular flexibility index (Phi) is 3.59. The molecule has 1 aromatic carbocycles. The van der Waals surface area contributed by atoms with Crippen LogP contribution < -0.4 is 5.32 Å². The maximum absolute atomic E-state index is 14.1. The SMILES string of the molecule is Cc1ccc(C2CC(=O)NC(=O)C2c2ccccc2F)s1. The Morgan fingerprint density at radius 3 is 2.62 bits per heavy atom. The minimum absolute atomic E-state index is 0.199. The number of halogens is 1. The van der Waals surface area contributed by atoms with Gasteiger partial charge in [0.25, 0.3) is 0 Å². The van der Waals surface area contributed by atoms with E-state index in [9.17, 15) is 14.0 Å². The lowest BCUT2D eigenvalue weighted by atomic mass is 9.79. The fourth-order valence-corrected chi connectivity index (χ4v) is 3.78. The molecule has 1 fully saturated rings. The minimum Gasteiger partial charge on any atom is -0.296 e. The molecule has 1 aromatic heterocycles. The van der Waals surface area contributed by atoms with Crippen molar-refractivity contribution < 1.29 is 14.0 Å². The van der Waals surface area contributed by atoms with E-state index in [1.807, 2.05) is 19.1 Å². The molecule has 21 heavy (non-hydrogen) atoms. The summed E-state index contributed by atoms with van der Waals surface area (Å²) in [5, 5.41) is 2.32. The van der Waals surface area contributed by atoms with Gasteiger partial charge in [-0.1, -0.05) is 18.2 Å². The standard InChI is InChI=1S/C16H14FNO2S/c1-9-6-7-13(21-9)11-8-14(19)18-16(20)15(11)10-4-2-3-5-12(10)17/h2-7,11,15H,8H2,1H3,(H,18,19,20). The Bertz CT molecular complexity index is 710. The smallest absolute Gasteiger partial charge is 0.234 e. The van der Waals surface area contributed by atoms with Crippen molar-refractivity contribution in [2.45, 2.75) is 25.2 Å². The third kappa shape index (κ3) is 2.61. The fourth-order valence-electron chi connectivity index (χ4n) is 2.77. The van der Waals surface area contributed by atoms with Gasteiger partial charge in [0.2, 0.25) is 11.8 Å². The number of carbonyl (C=O) groups is 2. The van der Waals surface area contributed by atoms with Gasteiger partial charge in [-0.3, -0.25) is 14.9 Å². The molecule has 0 spiro atoms. The Balaban J connectivity index is 2.07. The third-order valence-electron chi connectivity index (χ3n) is 3.72. The van der Waals surface area contributed by atoms with Crippen LogP contribution in [0.1, 0.15) is 33.6 Å². The second-order valence-corrected chi connectivity index (χ2v) is 6.49. The highest BCUT2D eigenvalue weighted by Gasteiger charge is 2.39. The average Bonchev–Trinajstić information content (AvgIpc) is 2.86. The van der Waals surface area contributed by atoms with E-state index in [4.69, 9.17) is 0 Å². The van der Waals surface area contributed by atoms with E-state index in [-0.39, 0.29) is 18.2 Å². The summed E-state index contributed by atoms with van der Waals surface area (Å²) in [6, 6.07) is 10.1. The quantitative estimate of drug-likeness (QED) is 0.867. The van der Waals surface area contributed by atoms with Crippen molar-refractivity contribution >= 4 is 23.2 Å². The normalized spacial score (nSPS) is 22.2. The summed E-state index contributed by atoms with van der Waals surface area (Å²) in [6.45, 7) is 1.97. The number of thiophene rings is 1. The minimum atomic E-state index is -0.665. The van der Waals surface area contributed by atoms with Crippen LogP contribution in [0.25, 0.3) is 0 Å². The summed E-state index contributed by atoms with van der Waals surface area (Å²) in [5.74, 6) is -2.11. The molecule has 3 rings (SSSR count). The molecule has 108 valence electrons. The first-order valence-electron chi connectivity index (χ1n) is 6.70. The first-order valence-corrected chi connectivity index (χ1v) is 7.52. The summed E-state index contributed by atoms with van der Waals surface area (Å²) >= 11 is 1.55. The van der Waals surface area contributed by atoms with Crippen LogP contribution in [0.5, 0.6) is 0 Å². The van der Waals surface area contributed by atoms with E-state index in [0.717, 1.165) is 9.75 Å². The zero-order valence-corrected chi connectivity index (χ0v) is 12.2. The Morgan fingerprint density at radius 2 is 1.95 bits per heavy atom. The maximum atomic E-state index is 14.1. The van der Waals surface area contributed by atoms with E-state index in [1.165, 1.54) is 6.07 Å². The lowest BCUT2D eigenvalue weighted by Crippen LogP contribution is -2.43. The lowest BCUT2D eigenvalue weighted by molar-refractivity contribution is -0.135. The molecule has 0 saturated carbocycles. The van der Waals surface area contributed by atoms with Crippen molar-refractivity contribution in [2.75, 3.05) is 0 Å². The Morgan fingerprint density at radius 1 is 1.19 bits per heavy atom. The van der Waals surface area contributed by atoms with Gasteiger partial charge < -0.3 is 0 Å². The largest absolute Gasteiger partial charge is 0.296 e. The van der Waals surface area contributed by atoms with Crippen LogP contribution in [-0.2, 0) is 9.59 Å². The molecule has 0 aliphatic carbocycles. The molecule has 5 heteroatoms. The maximum Gasteiger partial charge on any atom is 0.234 e. The summed E-state index contributed by atoms with van der Waals surface area (Å²) < 4.78 is 14.1. The molecule has 0 radical (unpaired) electrons. The number of piperidine rings is 1. The van der Waals surface area contributed by atoms with Gasteiger partial charge in [-0.25, -0.2) is 4.39 Å². The highest BCUT2D eigenvalue weighted by atomic mass is 32.1. The van der Waals surface area contributed by atoms with Gasteiger partial charge in [-0.2, -0.15) is 0 Å². The number of hydrogen-bond acceptors (Lipinski definition) is 3. The predicted molar refractivity (Wildman–Crippen MR) is 78.7 cm³/mol. The zero-order chi connectivity index (χ0) is 15.0. The van der Waals surface area contributed by atoms with Crippen LogP contribution in [0.2, 0.25) is 0 Å². The van der Waals surface area contributed by atoms with E-state index in [0.29, 0.717) is 5.56 Å². The van der Waals surface area contributed by atoms with Crippen molar-refractivity contribution in [2.24, 2.45) is 0 Å². The number of benzene rings is 1. The summed E-state index contributed by atoms with van der Waals surface area (Å²) in [6.07, 6.45) is 0.199. The van der Waals surface area contributed by atoms with Gasteiger partial charge in [-0.15, -0.1) is 11.3 Å². The summed E-state index contributed by atoms with van der Waals surface area (Å²) in [5.41, 5.74) is 0.346. The van der Waals surface area contributed by atoms with E-state index >= 15 is 0 Å². The number of nitrogens with one attached hydrogen (secondary N) is 1. The van der Waals surface area contributed by atoms with Gasteiger partial charge in [0.15, 0.2) is 0 Å². The molecule has 2 heterocycles. The molecule has 1 N–H and O–H groups in total. The van der Waals surface area contributed by atoms with Crippen LogP contribution in [0.4, 0.5) is 4.39 Å². The third-order valence-corrected chi connectivity index (χ3v) is 4.85. The molecule has 3 nitrogen and oxygen atoms in total. The first kappa shape index (κ1) is 13.9. The molecule has 2 amide bonds. The summed E-state index contributed by atoms with van der Waals surface area (Å²) in [4.78, 5) is 26.0. The molecule has 0 bridgehead atoms. The van der Waals surface area contributed by atoms with Crippen molar-refractivity contribution in [3.63, 3.8) is 0 Å². The highest BCUT2D eigenvalue weighted by molar-refractivity contribution is 7.12. The molecule has 2 atom stereocenters. The van der Waals surface area contributed by atoms with Gasteiger partial charge in [0, 0.05) is 27.7 Å². The van der Waals surface area contributed by atoms with Crippen LogP contribution >= 0.6 is 11.3 Å². The molecule has 1 aliphatic heterocycles. The van der Waals surface area contributed by atoms with Gasteiger partial charge >= 0.3 is 0 Å². The molecular formula is C16H14FNO2S. The number of aryl methyl sites for hydroxylation is 1. The Hall–Kier alpha value is -2.01. The van der Waals surface area contributed by atoms with E-state index < -0.39 is 17.6 Å². The monoisotopic (exact) mass is 303 g/mol. The van der Waals surface area contributed by atoms with Crippen molar-refractivity contribution in [3.8, 4) is 0 Å². The highest BCUT2D eigenvalue weighted by Crippen LogP contribution is 2.41. The summed E-state index contributed by atoms with van der Waals surface area (Å²) in [7, 11) is 0. The van der Waals surface area contributed by atoms with Gasteiger partial charge in [0.05, 0.1) is 5.92 Å². The first-order chi connectivity index (χ1) is 10.1. The molecule has 1 saturated heterocycles. The lowest BCUT2D eigenvalue weighted by Gasteiger charge is -2.30.